The zero-order valence-electron chi connectivity index (χ0n) is 20.5. The topological polar surface area (TPSA) is 106 Å². The third kappa shape index (κ3) is 5.06. The SMILES string of the molecule is CCOC(=O)Cc1ccc(N2C(=O)C(=O)/C(=C(/O)c3cc(C)cc(Cl)c3OC)C2c2cccnc2)cc1. The predicted molar refractivity (Wildman–Crippen MR) is 139 cm³/mol. The highest BCUT2D eigenvalue weighted by Gasteiger charge is 2.47. The molecule has 0 spiro atoms. The molecule has 2 heterocycles. The van der Waals surface area contributed by atoms with E-state index in [0.717, 1.165) is 5.56 Å². The van der Waals surface area contributed by atoms with Crippen molar-refractivity contribution in [1.29, 1.82) is 0 Å². The molecule has 1 fully saturated rings. The summed E-state index contributed by atoms with van der Waals surface area (Å²) < 4.78 is 10.4. The molecule has 1 atom stereocenters. The molecule has 2 aromatic carbocycles. The summed E-state index contributed by atoms with van der Waals surface area (Å²) in [5.41, 5.74) is 2.44. The van der Waals surface area contributed by atoms with Crippen LogP contribution in [0.15, 0.2) is 66.5 Å². The average molecular weight is 521 g/mol. The Balaban J connectivity index is 1.86. The van der Waals surface area contributed by atoms with Gasteiger partial charge in [-0.3, -0.25) is 24.3 Å². The summed E-state index contributed by atoms with van der Waals surface area (Å²) in [6.45, 7) is 3.80. The number of aromatic nitrogens is 1. The van der Waals surface area contributed by atoms with Gasteiger partial charge in [0.05, 0.1) is 42.3 Å². The molecule has 1 N–H and O–H groups in total. The van der Waals surface area contributed by atoms with Crippen LogP contribution in [-0.2, 0) is 25.5 Å². The van der Waals surface area contributed by atoms with Crippen molar-refractivity contribution in [2.75, 3.05) is 18.6 Å². The molecule has 9 heteroatoms. The fourth-order valence-electron chi connectivity index (χ4n) is 4.36. The van der Waals surface area contributed by atoms with Gasteiger partial charge in [0.1, 0.15) is 11.5 Å². The first-order valence-corrected chi connectivity index (χ1v) is 11.9. The summed E-state index contributed by atoms with van der Waals surface area (Å²) in [6, 6.07) is 12.4. The Kier molecular flexibility index (Phi) is 7.59. The fraction of sp³-hybridized carbons (Fsp3) is 0.214. The predicted octanol–water partition coefficient (Wildman–Crippen LogP) is 4.78. The Hall–Kier alpha value is -4.17. The third-order valence-corrected chi connectivity index (χ3v) is 6.24. The van der Waals surface area contributed by atoms with E-state index in [0.29, 0.717) is 16.8 Å². The number of aliphatic hydroxyl groups is 1. The first-order valence-electron chi connectivity index (χ1n) is 11.6. The third-order valence-electron chi connectivity index (χ3n) is 5.96. The number of ketones is 1. The molecule has 1 aliphatic heterocycles. The van der Waals surface area contributed by atoms with E-state index in [4.69, 9.17) is 21.1 Å². The number of carbonyl (C=O) groups is 3. The summed E-state index contributed by atoms with van der Waals surface area (Å²) in [7, 11) is 1.41. The number of benzene rings is 2. The molecule has 8 nitrogen and oxygen atoms in total. The monoisotopic (exact) mass is 520 g/mol. The minimum absolute atomic E-state index is 0.0763. The Morgan fingerprint density at radius 2 is 1.89 bits per heavy atom. The van der Waals surface area contributed by atoms with Crippen molar-refractivity contribution in [3.8, 4) is 5.75 Å². The van der Waals surface area contributed by atoms with E-state index in [1.807, 2.05) is 0 Å². The summed E-state index contributed by atoms with van der Waals surface area (Å²) in [5, 5.41) is 11.7. The van der Waals surface area contributed by atoms with Gasteiger partial charge >= 0.3 is 5.97 Å². The van der Waals surface area contributed by atoms with E-state index < -0.39 is 23.5 Å². The quantitative estimate of drug-likeness (QED) is 0.207. The first-order chi connectivity index (χ1) is 17.8. The number of aliphatic hydroxyl groups excluding tert-OH is 1. The number of methoxy groups -OCH3 is 1. The van der Waals surface area contributed by atoms with Gasteiger partial charge in [-0.2, -0.15) is 0 Å². The van der Waals surface area contributed by atoms with Crippen LogP contribution in [0.25, 0.3) is 5.76 Å². The molecule has 0 bridgehead atoms. The number of rotatable bonds is 7. The van der Waals surface area contributed by atoms with Gasteiger partial charge in [0.2, 0.25) is 0 Å². The smallest absolute Gasteiger partial charge is 0.310 e. The van der Waals surface area contributed by atoms with E-state index in [2.05, 4.69) is 4.98 Å². The van der Waals surface area contributed by atoms with E-state index in [9.17, 15) is 19.5 Å². The number of pyridine rings is 1. The van der Waals surface area contributed by atoms with Crippen molar-refractivity contribution in [3.63, 3.8) is 0 Å². The van der Waals surface area contributed by atoms with Crippen molar-refractivity contribution >= 4 is 40.7 Å². The molecule has 1 saturated heterocycles. The lowest BCUT2D eigenvalue weighted by Gasteiger charge is -2.25. The van der Waals surface area contributed by atoms with Gasteiger partial charge < -0.3 is 14.6 Å². The van der Waals surface area contributed by atoms with Crippen molar-refractivity contribution < 1.29 is 29.0 Å². The molecule has 4 rings (SSSR count). The van der Waals surface area contributed by atoms with Crippen molar-refractivity contribution in [3.05, 3.63) is 93.8 Å². The van der Waals surface area contributed by atoms with Gasteiger partial charge in [0, 0.05) is 18.1 Å². The fourth-order valence-corrected chi connectivity index (χ4v) is 4.71. The molecule has 1 unspecified atom stereocenters. The lowest BCUT2D eigenvalue weighted by molar-refractivity contribution is -0.142. The van der Waals surface area contributed by atoms with Crippen LogP contribution in [-0.4, -0.2) is 41.5 Å². The number of ether oxygens (including phenoxy) is 2. The summed E-state index contributed by atoms with van der Waals surface area (Å²) in [5.74, 6) is -2.26. The lowest BCUT2D eigenvalue weighted by Crippen LogP contribution is -2.29. The molecule has 1 aromatic heterocycles. The normalized spacial score (nSPS) is 16.6. The number of anilines is 1. The van der Waals surface area contributed by atoms with Gasteiger partial charge in [0.15, 0.2) is 0 Å². The highest BCUT2D eigenvalue weighted by molar-refractivity contribution is 6.51. The molecular weight excluding hydrogens is 496 g/mol. The Bertz CT molecular complexity index is 1390. The van der Waals surface area contributed by atoms with E-state index in [-0.39, 0.29) is 40.9 Å². The number of hydrogen-bond acceptors (Lipinski definition) is 7. The summed E-state index contributed by atoms with van der Waals surface area (Å²) in [6.07, 6.45) is 3.18. The Morgan fingerprint density at radius 3 is 2.51 bits per heavy atom. The Labute approximate surface area is 219 Å². The number of Topliss-reactive ketones (excluding diaryl/α,β-unsaturated/α-hetero) is 1. The van der Waals surface area contributed by atoms with Crippen LogP contribution in [0.5, 0.6) is 5.75 Å². The van der Waals surface area contributed by atoms with E-state index in [1.165, 1.54) is 18.2 Å². The maximum absolute atomic E-state index is 13.4. The minimum Gasteiger partial charge on any atom is -0.507 e. The number of amides is 1. The van der Waals surface area contributed by atoms with Crippen LogP contribution in [0.3, 0.4) is 0 Å². The molecule has 190 valence electrons. The van der Waals surface area contributed by atoms with Crippen LogP contribution >= 0.6 is 11.6 Å². The van der Waals surface area contributed by atoms with Crippen LogP contribution in [0.4, 0.5) is 5.69 Å². The van der Waals surface area contributed by atoms with Crippen molar-refractivity contribution in [1.82, 2.24) is 4.98 Å². The van der Waals surface area contributed by atoms with Crippen LogP contribution < -0.4 is 9.64 Å². The van der Waals surface area contributed by atoms with Gasteiger partial charge in [0.25, 0.3) is 11.7 Å². The molecule has 37 heavy (non-hydrogen) atoms. The van der Waals surface area contributed by atoms with Gasteiger partial charge in [-0.1, -0.05) is 29.8 Å². The number of hydrogen-bond donors (Lipinski definition) is 1. The second-order valence-electron chi connectivity index (χ2n) is 8.43. The number of esters is 1. The largest absolute Gasteiger partial charge is 0.507 e. The lowest BCUT2D eigenvalue weighted by atomic mass is 9.95. The Morgan fingerprint density at radius 1 is 1.16 bits per heavy atom. The molecule has 1 amide bonds. The zero-order valence-corrected chi connectivity index (χ0v) is 21.3. The first kappa shape index (κ1) is 25.9. The van der Waals surface area contributed by atoms with Crippen molar-refractivity contribution in [2.24, 2.45) is 0 Å². The summed E-state index contributed by atoms with van der Waals surface area (Å²) >= 11 is 6.34. The standard InChI is InChI=1S/C28H25ClN2O6/c1-4-37-22(32)14-17-7-9-19(10-8-17)31-24(18-6-5-11-30-15-18)23(26(34)28(31)35)25(33)20-12-16(2)13-21(29)27(20)36-3/h5-13,15,24,33H,4,14H2,1-3H3/b25-23+. The van der Waals surface area contributed by atoms with Gasteiger partial charge in [-0.15, -0.1) is 0 Å². The maximum Gasteiger partial charge on any atom is 0.310 e. The highest BCUT2D eigenvalue weighted by Crippen LogP contribution is 2.44. The second-order valence-corrected chi connectivity index (χ2v) is 8.84. The van der Waals surface area contributed by atoms with E-state index >= 15 is 0 Å². The average Bonchev–Trinajstić information content (AvgIpc) is 3.14. The summed E-state index contributed by atoms with van der Waals surface area (Å²) in [4.78, 5) is 44.0. The zero-order chi connectivity index (χ0) is 26.7. The molecule has 0 saturated carbocycles. The number of halogens is 1. The van der Waals surface area contributed by atoms with Crippen LogP contribution in [0.2, 0.25) is 5.02 Å². The number of carbonyl (C=O) groups excluding carboxylic acids is 3. The molecule has 0 radical (unpaired) electrons. The van der Waals surface area contributed by atoms with Crippen LogP contribution in [0.1, 0.15) is 35.2 Å². The number of nitrogens with zero attached hydrogens (tertiary/aromatic N) is 2. The van der Waals surface area contributed by atoms with Crippen molar-refractivity contribution in [2.45, 2.75) is 26.3 Å². The highest BCUT2D eigenvalue weighted by atomic mass is 35.5. The van der Waals surface area contributed by atoms with E-state index in [1.54, 1.807) is 68.6 Å². The second kappa shape index (κ2) is 10.8. The van der Waals surface area contributed by atoms with Gasteiger partial charge in [-0.05, 0) is 60.9 Å². The molecule has 3 aromatic rings. The van der Waals surface area contributed by atoms with Crippen LogP contribution in [0, 0.1) is 6.92 Å². The molecule has 1 aliphatic rings. The molecular formula is C28H25ClN2O6. The van der Waals surface area contributed by atoms with Gasteiger partial charge in [-0.25, -0.2) is 0 Å². The minimum atomic E-state index is -0.964. The number of aryl methyl sites for hydroxylation is 1. The molecule has 0 aliphatic carbocycles. The maximum atomic E-state index is 13.4.